The number of carbonyl (C=O) groups excluding carboxylic acids is 1. The molecule has 0 aliphatic carbocycles. The predicted octanol–water partition coefficient (Wildman–Crippen LogP) is 2.94. The minimum atomic E-state index is -0.732. The van der Waals surface area contributed by atoms with Crippen LogP contribution < -0.4 is 21.9 Å². The van der Waals surface area contributed by atoms with Crippen molar-refractivity contribution >= 4 is 29.0 Å². The Morgan fingerprint density at radius 1 is 1.23 bits per heavy atom. The molecule has 0 fully saturated rings. The third-order valence-corrected chi connectivity index (χ3v) is 5.08. The molecular formula is C21H23ClN4O4. The van der Waals surface area contributed by atoms with Gasteiger partial charge >= 0.3 is 5.69 Å². The molecule has 0 aliphatic rings. The van der Waals surface area contributed by atoms with E-state index in [1.54, 1.807) is 36.4 Å². The first-order valence-corrected chi connectivity index (χ1v) is 9.99. The summed E-state index contributed by atoms with van der Waals surface area (Å²) in [7, 11) is 0. The number of amides is 1. The Kier molecular flexibility index (Phi) is 6.79. The molecule has 9 heteroatoms. The van der Waals surface area contributed by atoms with E-state index < -0.39 is 17.2 Å². The summed E-state index contributed by atoms with van der Waals surface area (Å²) in [5, 5.41) is 0.443. The molecule has 0 atom stereocenters. The number of unbranched alkanes of at least 4 members (excludes halogenated alkanes) is 1. The molecule has 0 radical (unpaired) electrons. The van der Waals surface area contributed by atoms with Crippen molar-refractivity contribution in [3.8, 4) is 0 Å². The van der Waals surface area contributed by atoms with Crippen LogP contribution in [0.4, 0.5) is 11.5 Å². The monoisotopic (exact) mass is 430 g/mol. The molecule has 3 rings (SSSR count). The largest absolute Gasteiger partial charge is 0.467 e. The number of hydrogen-bond acceptors (Lipinski definition) is 5. The number of carbonyl (C=O) groups is 1. The molecule has 1 aromatic carbocycles. The number of nitrogen functional groups attached to an aromatic ring is 1. The molecule has 0 unspecified atom stereocenters. The Labute approximate surface area is 177 Å². The molecule has 8 nitrogen and oxygen atoms in total. The van der Waals surface area contributed by atoms with Gasteiger partial charge in [0.25, 0.3) is 5.56 Å². The summed E-state index contributed by atoms with van der Waals surface area (Å²) in [6.45, 7) is 2.29. The van der Waals surface area contributed by atoms with Gasteiger partial charge in [-0.25, -0.2) is 4.79 Å². The average molecular weight is 431 g/mol. The van der Waals surface area contributed by atoms with Crippen LogP contribution in [0.15, 0.2) is 56.7 Å². The molecule has 30 heavy (non-hydrogen) atoms. The van der Waals surface area contributed by atoms with Crippen molar-refractivity contribution in [2.45, 2.75) is 39.3 Å². The number of benzene rings is 1. The van der Waals surface area contributed by atoms with E-state index in [9.17, 15) is 14.4 Å². The zero-order valence-electron chi connectivity index (χ0n) is 16.6. The quantitative estimate of drug-likeness (QED) is 0.570. The first-order valence-electron chi connectivity index (χ1n) is 9.61. The first kappa shape index (κ1) is 21.4. The van der Waals surface area contributed by atoms with Crippen LogP contribution in [0.25, 0.3) is 0 Å². The summed E-state index contributed by atoms with van der Waals surface area (Å²) in [6.07, 6.45) is 2.96. The molecule has 2 heterocycles. The molecule has 0 bridgehead atoms. The van der Waals surface area contributed by atoms with E-state index >= 15 is 0 Å². The van der Waals surface area contributed by atoms with Gasteiger partial charge in [0.1, 0.15) is 11.6 Å². The third-order valence-electron chi connectivity index (χ3n) is 4.71. The van der Waals surface area contributed by atoms with Gasteiger partial charge in [0.2, 0.25) is 5.91 Å². The molecule has 2 aromatic heterocycles. The molecule has 0 aliphatic heterocycles. The Balaban J connectivity index is 2.06. The highest BCUT2D eigenvalue weighted by molar-refractivity contribution is 6.31. The normalized spacial score (nSPS) is 10.9. The van der Waals surface area contributed by atoms with Crippen molar-refractivity contribution < 1.29 is 9.21 Å². The molecule has 1 amide bonds. The van der Waals surface area contributed by atoms with Gasteiger partial charge in [0.05, 0.1) is 19.2 Å². The fourth-order valence-corrected chi connectivity index (χ4v) is 3.33. The van der Waals surface area contributed by atoms with Crippen LogP contribution in [0.2, 0.25) is 5.02 Å². The van der Waals surface area contributed by atoms with E-state index in [-0.39, 0.29) is 24.5 Å². The zero-order valence-corrected chi connectivity index (χ0v) is 17.3. The molecule has 3 aromatic rings. The molecular weight excluding hydrogens is 408 g/mol. The Hall–Kier alpha value is -3.26. The number of aromatic amines is 1. The SMILES string of the molecule is CCCCn1c(N)c(N(Cc2ccco2)C(=O)Cc2ccccc2Cl)c(=O)[nH]c1=O. The van der Waals surface area contributed by atoms with E-state index in [0.717, 1.165) is 6.42 Å². The highest BCUT2D eigenvalue weighted by Gasteiger charge is 2.26. The molecule has 0 saturated heterocycles. The lowest BCUT2D eigenvalue weighted by Gasteiger charge is -2.24. The van der Waals surface area contributed by atoms with Crippen LogP contribution in [0.3, 0.4) is 0 Å². The van der Waals surface area contributed by atoms with Crippen LogP contribution in [-0.2, 0) is 24.3 Å². The molecule has 3 N–H and O–H groups in total. The van der Waals surface area contributed by atoms with Gasteiger partial charge in [-0.05, 0) is 30.2 Å². The van der Waals surface area contributed by atoms with E-state index in [4.69, 9.17) is 21.8 Å². The average Bonchev–Trinajstić information content (AvgIpc) is 3.22. The van der Waals surface area contributed by atoms with Crippen molar-refractivity contribution in [2.75, 3.05) is 10.6 Å². The minimum Gasteiger partial charge on any atom is -0.467 e. The summed E-state index contributed by atoms with van der Waals surface area (Å²) >= 11 is 6.20. The molecule has 158 valence electrons. The van der Waals surface area contributed by atoms with Gasteiger partial charge < -0.3 is 10.2 Å². The van der Waals surface area contributed by atoms with Crippen LogP contribution in [0.1, 0.15) is 31.1 Å². The lowest BCUT2D eigenvalue weighted by Crippen LogP contribution is -2.41. The van der Waals surface area contributed by atoms with Crippen LogP contribution in [0, 0.1) is 0 Å². The fourth-order valence-electron chi connectivity index (χ4n) is 3.13. The summed E-state index contributed by atoms with van der Waals surface area (Å²) < 4.78 is 6.64. The highest BCUT2D eigenvalue weighted by atomic mass is 35.5. The Morgan fingerprint density at radius 2 is 2.00 bits per heavy atom. The second-order valence-corrected chi connectivity index (χ2v) is 7.23. The number of H-pyrrole nitrogens is 1. The van der Waals surface area contributed by atoms with Gasteiger partial charge in [-0.3, -0.25) is 24.0 Å². The van der Waals surface area contributed by atoms with Gasteiger partial charge in [-0.2, -0.15) is 0 Å². The molecule has 0 spiro atoms. The number of aromatic nitrogens is 2. The number of nitrogens with zero attached hydrogens (tertiary/aromatic N) is 2. The van der Waals surface area contributed by atoms with Crippen LogP contribution in [0.5, 0.6) is 0 Å². The van der Waals surface area contributed by atoms with Gasteiger partial charge in [-0.1, -0.05) is 43.1 Å². The predicted molar refractivity (Wildman–Crippen MR) is 116 cm³/mol. The highest BCUT2D eigenvalue weighted by Crippen LogP contribution is 2.23. The second-order valence-electron chi connectivity index (χ2n) is 6.83. The van der Waals surface area contributed by atoms with Crippen molar-refractivity contribution in [1.29, 1.82) is 0 Å². The van der Waals surface area contributed by atoms with E-state index in [1.807, 2.05) is 6.92 Å². The fraction of sp³-hybridized carbons (Fsp3) is 0.286. The second kappa shape index (κ2) is 9.49. The Bertz CT molecular complexity index is 1130. The number of anilines is 2. The number of halogens is 1. The van der Waals surface area contributed by atoms with Gasteiger partial charge in [0, 0.05) is 11.6 Å². The van der Waals surface area contributed by atoms with E-state index in [0.29, 0.717) is 29.3 Å². The van der Waals surface area contributed by atoms with Crippen molar-refractivity contribution in [3.05, 3.63) is 79.8 Å². The third kappa shape index (κ3) is 4.65. The number of rotatable bonds is 8. The summed E-state index contributed by atoms with van der Waals surface area (Å²) in [6, 6.07) is 10.3. The van der Waals surface area contributed by atoms with E-state index in [1.165, 1.54) is 15.7 Å². The van der Waals surface area contributed by atoms with E-state index in [2.05, 4.69) is 4.98 Å². The summed E-state index contributed by atoms with van der Waals surface area (Å²) in [5.74, 6) is 0.00118. The number of nitrogens with two attached hydrogens (primary N) is 1. The summed E-state index contributed by atoms with van der Waals surface area (Å²) in [4.78, 5) is 41.7. The van der Waals surface area contributed by atoms with Crippen molar-refractivity contribution in [1.82, 2.24) is 9.55 Å². The maximum absolute atomic E-state index is 13.2. The smallest absolute Gasteiger partial charge is 0.330 e. The maximum Gasteiger partial charge on any atom is 0.330 e. The number of furan rings is 1. The van der Waals surface area contributed by atoms with Gasteiger partial charge in [0.15, 0.2) is 5.69 Å². The van der Waals surface area contributed by atoms with Crippen LogP contribution >= 0.6 is 11.6 Å². The summed E-state index contributed by atoms with van der Waals surface area (Å²) in [5.41, 5.74) is 5.40. The topological polar surface area (TPSA) is 114 Å². The van der Waals surface area contributed by atoms with Gasteiger partial charge in [-0.15, -0.1) is 0 Å². The standard InChI is InChI=1S/C21H23ClN4O4/c1-2-3-10-25-19(23)18(20(28)24-21(25)29)26(13-15-8-6-11-30-15)17(27)12-14-7-4-5-9-16(14)22/h4-9,11H,2-3,10,12-13,23H2,1H3,(H,24,28,29). The zero-order chi connectivity index (χ0) is 21.7. The lowest BCUT2D eigenvalue weighted by atomic mass is 10.1. The van der Waals surface area contributed by atoms with Crippen molar-refractivity contribution in [2.24, 2.45) is 0 Å². The lowest BCUT2D eigenvalue weighted by molar-refractivity contribution is -0.118. The maximum atomic E-state index is 13.2. The first-order chi connectivity index (χ1) is 14.4. The Morgan fingerprint density at radius 3 is 2.67 bits per heavy atom. The van der Waals surface area contributed by atoms with Crippen molar-refractivity contribution in [3.63, 3.8) is 0 Å². The number of hydrogen-bond donors (Lipinski definition) is 2. The minimum absolute atomic E-state index is 0.0183. The number of nitrogens with one attached hydrogen (secondary N) is 1. The molecule has 0 saturated carbocycles. The van der Waals surface area contributed by atoms with Crippen LogP contribution in [-0.4, -0.2) is 15.5 Å².